The second kappa shape index (κ2) is 5.57. The average molecular weight is 303 g/mol. The Hall–Kier alpha value is -0.980. The van der Waals surface area contributed by atoms with Crippen LogP contribution in [0.5, 0.6) is 0 Å². The van der Waals surface area contributed by atoms with Gasteiger partial charge in [-0.25, -0.2) is 0 Å². The first-order valence-electron chi connectivity index (χ1n) is 5.14. The number of non-ortho nitro benzene ring substituents is 1. The zero-order valence-corrected chi connectivity index (χ0v) is 11.3. The molecule has 1 rings (SSSR count). The van der Waals surface area contributed by atoms with Crippen molar-refractivity contribution in [2.24, 2.45) is 0 Å². The van der Waals surface area contributed by atoms with Crippen molar-refractivity contribution in [2.75, 3.05) is 6.61 Å². The van der Waals surface area contributed by atoms with Crippen molar-refractivity contribution in [3.05, 3.63) is 38.3 Å². The molecule has 0 amide bonds. The van der Waals surface area contributed by atoms with E-state index in [1.54, 1.807) is 6.07 Å². The number of halogens is 1. The molecule has 0 saturated heterocycles. The molecule has 0 aliphatic heterocycles. The molecule has 0 saturated carbocycles. The average Bonchev–Trinajstić information content (AvgIpc) is 2.27. The zero-order chi connectivity index (χ0) is 13.1. The van der Waals surface area contributed by atoms with Gasteiger partial charge in [-0.15, -0.1) is 0 Å². The number of aliphatic hydroxyl groups is 1. The molecule has 0 atom stereocenters. The smallest absolute Gasteiger partial charge is 0.270 e. The highest BCUT2D eigenvalue weighted by Gasteiger charge is 2.16. The minimum absolute atomic E-state index is 0.0254. The van der Waals surface area contributed by atoms with Gasteiger partial charge in [0.05, 0.1) is 11.5 Å². The number of aliphatic hydroxyl groups excluding tert-OH is 1. The van der Waals surface area contributed by atoms with Gasteiger partial charge < -0.3 is 10.4 Å². The van der Waals surface area contributed by atoms with Gasteiger partial charge in [-0.05, 0) is 25.5 Å². The van der Waals surface area contributed by atoms with Crippen LogP contribution in [0.2, 0.25) is 0 Å². The second-order valence-electron chi connectivity index (χ2n) is 4.43. The summed E-state index contributed by atoms with van der Waals surface area (Å²) in [5, 5.41) is 22.8. The van der Waals surface area contributed by atoms with Crippen LogP contribution in [0.3, 0.4) is 0 Å². The van der Waals surface area contributed by atoms with Crippen molar-refractivity contribution in [3.8, 4) is 0 Å². The fraction of sp³-hybridized carbons (Fsp3) is 0.455. The molecule has 1 aromatic carbocycles. The Bertz CT molecular complexity index is 421. The van der Waals surface area contributed by atoms with Crippen LogP contribution >= 0.6 is 15.9 Å². The third-order valence-electron chi connectivity index (χ3n) is 2.40. The van der Waals surface area contributed by atoms with Gasteiger partial charge in [0.1, 0.15) is 0 Å². The molecule has 0 radical (unpaired) electrons. The van der Waals surface area contributed by atoms with Crippen LogP contribution in [0.15, 0.2) is 22.7 Å². The molecule has 0 aliphatic rings. The Kier molecular flexibility index (Phi) is 4.62. The van der Waals surface area contributed by atoms with Crippen molar-refractivity contribution < 1.29 is 10.0 Å². The van der Waals surface area contributed by atoms with Crippen LogP contribution in [0.4, 0.5) is 5.69 Å². The van der Waals surface area contributed by atoms with Gasteiger partial charge >= 0.3 is 0 Å². The quantitative estimate of drug-likeness (QED) is 0.646. The Balaban J connectivity index is 2.77. The molecule has 94 valence electrons. The fourth-order valence-corrected chi connectivity index (χ4v) is 1.69. The maximum atomic E-state index is 10.6. The van der Waals surface area contributed by atoms with E-state index in [4.69, 9.17) is 5.11 Å². The number of hydrogen-bond acceptors (Lipinski definition) is 4. The molecule has 0 bridgehead atoms. The van der Waals surface area contributed by atoms with Crippen LogP contribution in [-0.4, -0.2) is 22.2 Å². The van der Waals surface area contributed by atoms with Crippen molar-refractivity contribution in [1.29, 1.82) is 0 Å². The lowest BCUT2D eigenvalue weighted by molar-refractivity contribution is -0.384. The number of rotatable bonds is 5. The molecule has 17 heavy (non-hydrogen) atoms. The summed E-state index contributed by atoms with van der Waals surface area (Å²) in [5.41, 5.74) is 0.598. The monoisotopic (exact) mass is 302 g/mol. The predicted molar refractivity (Wildman–Crippen MR) is 68.8 cm³/mol. The lowest BCUT2D eigenvalue weighted by Crippen LogP contribution is -2.42. The number of nitro groups is 1. The lowest BCUT2D eigenvalue weighted by Gasteiger charge is -2.23. The molecule has 0 fully saturated rings. The maximum absolute atomic E-state index is 10.6. The number of nitrogens with zero attached hydrogens (tertiary/aromatic N) is 1. The predicted octanol–water partition coefficient (Wildman–Crippen LogP) is 2.22. The Morgan fingerprint density at radius 3 is 2.65 bits per heavy atom. The SMILES string of the molecule is CC(C)(CO)NCc1ccc([N+](=O)[O-])cc1Br. The first-order chi connectivity index (χ1) is 7.85. The third-order valence-corrected chi connectivity index (χ3v) is 3.14. The summed E-state index contributed by atoms with van der Waals surface area (Å²) in [6.45, 7) is 4.32. The maximum Gasteiger partial charge on any atom is 0.270 e. The fourth-order valence-electron chi connectivity index (χ4n) is 1.18. The van der Waals surface area contributed by atoms with E-state index in [2.05, 4.69) is 21.2 Å². The van der Waals surface area contributed by atoms with Crippen molar-refractivity contribution in [3.63, 3.8) is 0 Å². The van der Waals surface area contributed by atoms with Gasteiger partial charge in [-0.1, -0.05) is 15.9 Å². The molecule has 6 heteroatoms. The van der Waals surface area contributed by atoms with Gasteiger partial charge in [0.15, 0.2) is 0 Å². The lowest BCUT2D eigenvalue weighted by atomic mass is 10.1. The van der Waals surface area contributed by atoms with Crippen LogP contribution in [0, 0.1) is 10.1 Å². The van der Waals surface area contributed by atoms with E-state index < -0.39 is 4.92 Å². The Morgan fingerprint density at radius 2 is 2.18 bits per heavy atom. The highest BCUT2D eigenvalue weighted by atomic mass is 79.9. The molecular formula is C11H15BrN2O3. The Labute approximate surface area is 108 Å². The van der Waals surface area contributed by atoms with E-state index in [1.807, 2.05) is 13.8 Å². The van der Waals surface area contributed by atoms with E-state index in [-0.39, 0.29) is 17.8 Å². The van der Waals surface area contributed by atoms with Gasteiger partial charge in [0, 0.05) is 28.7 Å². The summed E-state index contributed by atoms with van der Waals surface area (Å²) in [7, 11) is 0. The summed E-state index contributed by atoms with van der Waals surface area (Å²) < 4.78 is 0.688. The van der Waals surface area contributed by atoms with E-state index in [0.29, 0.717) is 11.0 Å². The number of hydrogen-bond donors (Lipinski definition) is 2. The zero-order valence-electron chi connectivity index (χ0n) is 9.74. The highest BCUT2D eigenvalue weighted by Crippen LogP contribution is 2.23. The summed E-state index contributed by atoms with van der Waals surface area (Å²) in [5.74, 6) is 0. The van der Waals surface area contributed by atoms with E-state index in [0.717, 1.165) is 5.56 Å². The number of benzene rings is 1. The van der Waals surface area contributed by atoms with Crippen molar-refractivity contribution >= 4 is 21.6 Å². The molecule has 1 aromatic rings. The summed E-state index contributed by atoms with van der Waals surface area (Å²) in [4.78, 5) is 10.1. The van der Waals surface area contributed by atoms with Gasteiger partial charge in [-0.3, -0.25) is 10.1 Å². The number of nitro benzene ring substituents is 1. The summed E-state index contributed by atoms with van der Waals surface area (Å²) in [6.07, 6.45) is 0. The third kappa shape index (κ3) is 4.07. The highest BCUT2D eigenvalue weighted by molar-refractivity contribution is 9.10. The topological polar surface area (TPSA) is 75.4 Å². The molecule has 5 nitrogen and oxygen atoms in total. The summed E-state index contributed by atoms with van der Waals surface area (Å²) in [6, 6.07) is 4.64. The van der Waals surface area contributed by atoms with E-state index in [1.165, 1.54) is 12.1 Å². The van der Waals surface area contributed by atoms with Crippen LogP contribution in [-0.2, 0) is 6.54 Å². The van der Waals surface area contributed by atoms with Crippen molar-refractivity contribution in [1.82, 2.24) is 5.32 Å². The second-order valence-corrected chi connectivity index (χ2v) is 5.28. The molecule has 2 N–H and O–H groups in total. The molecule has 0 heterocycles. The normalized spacial score (nSPS) is 11.5. The molecule has 0 aromatic heterocycles. The molecule has 0 unspecified atom stereocenters. The largest absolute Gasteiger partial charge is 0.394 e. The summed E-state index contributed by atoms with van der Waals surface area (Å²) >= 11 is 3.30. The molecular weight excluding hydrogens is 288 g/mol. The standard InChI is InChI=1S/C11H15BrN2O3/c1-11(2,7-15)13-6-8-3-4-9(14(16)17)5-10(8)12/h3-5,13,15H,6-7H2,1-2H3. The van der Waals surface area contributed by atoms with Crippen LogP contribution < -0.4 is 5.32 Å². The minimum atomic E-state index is -0.431. The van der Waals surface area contributed by atoms with E-state index >= 15 is 0 Å². The van der Waals surface area contributed by atoms with Gasteiger partial charge in [0.25, 0.3) is 5.69 Å². The first kappa shape index (κ1) is 14.1. The van der Waals surface area contributed by atoms with Crippen molar-refractivity contribution in [2.45, 2.75) is 25.9 Å². The van der Waals surface area contributed by atoms with Crippen LogP contribution in [0.25, 0.3) is 0 Å². The first-order valence-corrected chi connectivity index (χ1v) is 5.94. The minimum Gasteiger partial charge on any atom is -0.394 e. The molecule has 0 aliphatic carbocycles. The number of nitrogens with one attached hydrogen (secondary N) is 1. The van der Waals surface area contributed by atoms with Gasteiger partial charge in [-0.2, -0.15) is 0 Å². The van der Waals surface area contributed by atoms with Crippen LogP contribution in [0.1, 0.15) is 19.4 Å². The van der Waals surface area contributed by atoms with Gasteiger partial charge in [0.2, 0.25) is 0 Å². The van der Waals surface area contributed by atoms with E-state index in [9.17, 15) is 10.1 Å². The molecule has 0 spiro atoms. The Morgan fingerprint density at radius 1 is 1.53 bits per heavy atom.